The van der Waals surface area contributed by atoms with Crippen LogP contribution in [0.5, 0.6) is 0 Å². The van der Waals surface area contributed by atoms with E-state index in [-0.39, 0.29) is 17.7 Å². The van der Waals surface area contributed by atoms with Gasteiger partial charge in [0, 0.05) is 19.0 Å². The number of aryl methyl sites for hydroxylation is 1. The fourth-order valence-corrected chi connectivity index (χ4v) is 4.88. The zero-order valence-corrected chi connectivity index (χ0v) is 14.4. The number of amides is 2. The molecule has 0 radical (unpaired) electrons. The van der Waals surface area contributed by atoms with E-state index in [9.17, 15) is 9.59 Å². The van der Waals surface area contributed by atoms with Crippen LogP contribution in [0, 0.1) is 24.7 Å². The zero-order valence-electron chi connectivity index (χ0n) is 14.4. The SMILES string of the molecule is Cc1cccc(C(=O)N2CCCC2)c1NC(=O)[C@@H]1C[C@H]2CC[C@H]1C2. The maximum absolute atomic E-state index is 12.8. The van der Waals surface area contributed by atoms with Crippen molar-refractivity contribution in [1.29, 1.82) is 0 Å². The molecule has 3 aliphatic rings. The lowest BCUT2D eigenvalue weighted by Crippen LogP contribution is -2.31. The predicted molar refractivity (Wildman–Crippen MR) is 93.9 cm³/mol. The second kappa shape index (κ2) is 6.23. The first kappa shape index (κ1) is 15.7. The molecule has 0 aromatic heterocycles. The van der Waals surface area contributed by atoms with Crippen molar-refractivity contribution in [3.63, 3.8) is 0 Å². The Balaban J connectivity index is 1.56. The monoisotopic (exact) mass is 326 g/mol. The van der Waals surface area contributed by atoms with Gasteiger partial charge >= 0.3 is 0 Å². The molecule has 1 saturated heterocycles. The van der Waals surface area contributed by atoms with E-state index < -0.39 is 0 Å². The Hall–Kier alpha value is -1.84. The summed E-state index contributed by atoms with van der Waals surface area (Å²) < 4.78 is 0. The Labute approximate surface area is 143 Å². The number of hydrogen-bond donors (Lipinski definition) is 1. The number of nitrogens with one attached hydrogen (secondary N) is 1. The highest BCUT2D eigenvalue weighted by molar-refractivity contribution is 6.05. The Morgan fingerprint density at radius 3 is 2.58 bits per heavy atom. The molecule has 2 amide bonds. The van der Waals surface area contributed by atoms with Gasteiger partial charge in [0.15, 0.2) is 0 Å². The van der Waals surface area contributed by atoms with Crippen LogP contribution in [0.2, 0.25) is 0 Å². The van der Waals surface area contributed by atoms with Gasteiger partial charge < -0.3 is 10.2 Å². The van der Waals surface area contributed by atoms with Crippen LogP contribution in [-0.4, -0.2) is 29.8 Å². The summed E-state index contributed by atoms with van der Waals surface area (Å²) in [5.74, 6) is 1.61. The topological polar surface area (TPSA) is 49.4 Å². The van der Waals surface area contributed by atoms with Gasteiger partial charge in [-0.25, -0.2) is 0 Å². The molecule has 0 spiro atoms. The number of carbonyl (C=O) groups excluding carboxylic acids is 2. The van der Waals surface area contributed by atoms with E-state index in [0.717, 1.165) is 49.5 Å². The molecule has 2 saturated carbocycles. The number of rotatable bonds is 3. The third-order valence-electron chi connectivity index (χ3n) is 6.22. The molecular formula is C20H26N2O2. The summed E-state index contributed by atoms with van der Waals surface area (Å²) in [4.78, 5) is 27.5. The summed E-state index contributed by atoms with van der Waals surface area (Å²) in [7, 11) is 0. The first-order valence-corrected chi connectivity index (χ1v) is 9.33. The fraction of sp³-hybridized carbons (Fsp3) is 0.600. The summed E-state index contributed by atoms with van der Waals surface area (Å²) in [5, 5.41) is 3.12. The van der Waals surface area contributed by atoms with Crippen LogP contribution in [0.1, 0.15) is 54.4 Å². The van der Waals surface area contributed by atoms with Crippen molar-refractivity contribution in [2.75, 3.05) is 18.4 Å². The number of anilines is 1. The van der Waals surface area contributed by atoms with Crippen LogP contribution in [0.15, 0.2) is 18.2 Å². The van der Waals surface area contributed by atoms with Crippen molar-refractivity contribution in [2.45, 2.75) is 45.4 Å². The predicted octanol–water partition coefficient (Wildman–Crippen LogP) is 3.61. The molecule has 4 nitrogen and oxygen atoms in total. The summed E-state index contributed by atoms with van der Waals surface area (Å²) in [6, 6.07) is 5.73. The third-order valence-corrected chi connectivity index (χ3v) is 6.22. The van der Waals surface area contributed by atoms with Gasteiger partial charge in [0.1, 0.15) is 0 Å². The lowest BCUT2D eigenvalue weighted by atomic mass is 9.88. The van der Waals surface area contributed by atoms with E-state index in [1.54, 1.807) is 0 Å². The molecular weight excluding hydrogens is 300 g/mol. The van der Waals surface area contributed by atoms with E-state index in [4.69, 9.17) is 0 Å². The Morgan fingerprint density at radius 2 is 1.92 bits per heavy atom. The average molecular weight is 326 g/mol. The van der Waals surface area contributed by atoms with Crippen molar-refractivity contribution in [1.82, 2.24) is 4.90 Å². The van der Waals surface area contributed by atoms with E-state index in [0.29, 0.717) is 11.5 Å². The van der Waals surface area contributed by atoms with Gasteiger partial charge in [0.2, 0.25) is 5.91 Å². The van der Waals surface area contributed by atoms with Crippen LogP contribution >= 0.6 is 0 Å². The number of nitrogens with zero attached hydrogens (tertiary/aromatic N) is 1. The molecule has 1 aliphatic heterocycles. The molecule has 1 N–H and O–H groups in total. The molecule has 3 atom stereocenters. The van der Waals surface area contributed by atoms with Crippen molar-refractivity contribution < 1.29 is 9.59 Å². The summed E-state index contributed by atoms with van der Waals surface area (Å²) in [6.45, 7) is 3.62. The zero-order chi connectivity index (χ0) is 16.7. The van der Waals surface area contributed by atoms with Gasteiger partial charge in [0.05, 0.1) is 11.3 Å². The lowest BCUT2D eigenvalue weighted by molar-refractivity contribution is -0.121. The van der Waals surface area contributed by atoms with Crippen LogP contribution in [0.4, 0.5) is 5.69 Å². The van der Waals surface area contributed by atoms with Crippen molar-refractivity contribution in [3.05, 3.63) is 29.3 Å². The van der Waals surface area contributed by atoms with Gasteiger partial charge in [0.25, 0.3) is 5.91 Å². The third kappa shape index (κ3) is 2.72. The number of para-hydroxylation sites is 1. The smallest absolute Gasteiger partial charge is 0.255 e. The van der Waals surface area contributed by atoms with Gasteiger partial charge in [-0.15, -0.1) is 0 Å². The summed E-state index contributed by atoms with van der Waals surface area (Å²) in [6.07, 6.45) is 6.87. The van der Waals surface area contributed by atoms with E-state index in [1.165, 1.54) is 19.3 Å². The van der Waals surface area contributed by atoms with Gasteiger partial charge in [-0.2, -0.15) is 0 Å². The molecule has 128 valence electrons. The van der Waals surface area contributed by atoms with Crippen LogP contribution in [-0.2, 0) is 4.79 Å². The molecule has 4 rings (SSSR count). The van der Waals surface area contributed by atoms with Crippen LogP contribution < -0.4 is 5.32 Å². The normalized spacial score (nSPS) is 28.4. The number of benzene rings is 1. The number of likely N-dealkylation sites (tertiary alicyclic amines) is 1. The second-order valence-corrected chi connectivity index (χ2v) is 7.77. The van der Waals surface area contributed by atoms with Crippen LogP contribution in [0.25, 0.3) is 0 Å². The molecule has 2 aliphatic carbocycles. The maximum Gasteiger partial charge on any atom is 0.255 e. The molecule has 1 aromatic carbocycles. The molecule has 1 aromatic rings. The number of hydrogen-bond acceptors (Lipinski definition) is 2. The van der Waals surface area contributed by atoms with Gasteiger partial charge in [-0.3, -0.25) is 9.59 Å². The minimum Gasteiger partial charge on any atom is -0.339 e. The quantitative estimate of drug-likeness (QED) is 0.922. The first-order chi connectivity index (χ1) is 11.6. The highest BCUT2D eigenvalue weighted by atomic mass is 16.2. The molecule has 24 heavy (non-hydrogen) atoms. The highest BCUT2D eigenvalue weighted by Gasteiger charge is 2.43. The largest absolute Gasteiger partial charge is 0.339 e. The molecule has 0 unspecified atom stereocenters. The Kier molecular flexibility index (Phi) is 4.07. The van der Waals surface area contributed by atoms with Gasteiger partial charge in [-0.05, 0) is 62.5 Å². The maximum atomic E-state index is 12.8. The standard InChI is InChI=1S/C20H26N2O2/c1-13-5-4-6-16(20(24)22-9-2-3-10-22)18(13)21-19(23)17-12-14-7-8-15(17)11-14/h4-6,14-15,17H,2-3,7-12H2,1H3,(H,21,23)/t14-,15-,17+/m0/s1. The molecule has 1 heterocycles. The van der Waals surface area contributed by atoms with E-state index >= 15 is 0 Å². The fourth-order valence-electron chi connectivity index (χ4n) is 4.88. The molecule has 2 bridgehead atoms. The minimum atomic E-state index is 0.0550. The van der Waals surface area contributed by atoms with Crippen molar-refractivity contribution in [3.8, 4) is 0 Å². The lowest BCUT2D eigenvalue weighted by Gasteiger charge is -2.23. The summed E-state index contributed by atoms with van der Waals surface area (Å²) in [5.41, 5.74) is 2.34. The Morgan fingerprint density at radius 1 is 1.12 bits per heavy atom. The van der Waals surface area contributed by atoms with Crippen molar-refractivity contribution in [2.24, 2.45) is 17.8 Å². The minimum absolute atomic E-state index is 0.0550. The number of carbonyl (C=O) groups is 2. The van der Waals surface area contributed by atoms with Crippen molar-refractivity contribution >= 4 is 17.5 Å². The molecule has 3 fully saturated rings. The molecule has 4 heteroatoms. The second-order valence-electron chi connectivity index (χ2n) is 7.77. The Bertz CT molecular complexity index is 664. The van der Waals surface area contributed by atoms with Gasteiger partial charge in [-0.1, -0.05) is 18.6 Å². The van der Waals surface area contributed by atoms with Crippen LogP contribution in [0.3, 0.4) is 0 Å². The van der Waals surface area contributed by atoms with E-state index in [2.05, 4.69) is 5.32 Å². The average Bonchev–Trinajstić information content (AvgIpc) is 3.33. The van der Waals surface area contributed by atoms with E-state index in [1.807, 2.05) is 30.0 Å². The summed E-state index contributed by atoms with van der Waals surface area (Å²) >= 11 is 0. The number of fused-ring (bicyclic) bond motifs is 2. The highest BCUT2D eigenvalue weighted by Crippen LogP contribution is 2.48. The first-order valence-electron chi connectivity index (χ1n) is 9.33.